The number of imidazole rings is 1. The molecule has 3 aromatic heterocycles. The van der Waals surface area contributed by atoms with E-state index in [1.807, 2.05) is 0 Å². The number of benzene rings is 1. The topological polar surface area (TPSA) is 105 Å². The van der Waals surface area contributed by atoms with Gasteiger partial charge in [0.15, 0.2) is 5.76 Å². The molecule has 1 N–H and O–H groups in total. The van der Waals surface area contributed by atoms with E-state index in [1.165, 1.54) is 28.7 Å². The molecule has 0 unspecified atom stereocenters. The van der Waals surface area contributed by atoms with Gasteiger partial charge in [-0.2, -0.15) is 4.31 Å². The van der Waals surface area contributed by atoms with Crippen molar-refractivity contribution in [2.75, 3.05) is 13.1 Å². The standard InChI is InChI=1S/C19H17FN4O4S/c20-13-1-2-14-15(11-13)23-19(22-14)12-6-9-24(10-7-12)29(25,26)18-4-3-16(27-18)17-5-8-21-28-17/h1-5,8,11-12H,6-7,9-10H2,(H,22,23). The van der Waals surface area contributed by atoms with Crippen molar-refractivity contribution < 1.29 is 21.7 Å². The first kappa shape index (κ1) is 18.1. The SMILES string of the molecule is O=S(=O)(c1ccc(-c2ccno2)o1)N1CCC(c2nc3ccc(F)cc3[nH]2)CC1. The minimum Gasteiger partial charge on any atom is -0.440 e. The summed E-state index contributed by atoms with van der Waals surface area (Å²) < 4.78 is 51.1. The summed E-state index contributed by atoms with van der Waals surface area (Å²) in [5.74, 6) is 1.19. The third-order valence-electron chi connectivity index (χ3n) is 5.16. The summed E-state index contributed by atoms with van der Waals surface area (Å²) in [7, 11) is -3.74. The van der Waals surface area contributed by atoms with Crippen LogP contribution in [0.2, 0.25) is 0 Å². The zero-order valence-corrected chi connectivity index (χ0v) is 16.0. The highest BCUT2D eigenvalue weighted by molar-refractivity contribution is 7.89. The van der Waals surface area contributed by atoms with E-state index in [4.69, 9.17) is 8.94 Å². The normalized spacial score (nSPS) is 16.6. The Kier molecular flexibility index (Phi) is 4.25. The van der Waals surface area contributed by atoms with Crippen molar-refractivity contribution in [2.45, 2.75) is 23.9 Å². The molecule has 1 aliphatic heterocycles. The van der Waals surface area contributed by atoms with Crippen molar-refractivity contribution >= 4 is 21.1 Å². The molecule has 10 heteroatoms. The van der Waals surface area contributed by atoms with Crippen LogP contribution in [0.3, 0.4) is 0 Å². The van der Waals surface area contributed by atoms with Crippen LogP contribution in [0.1, 0.15) is 24.6 Å². The second kappa shape index (κ2) is 6.82. The molecular formula is C19H17FN4O4S. The van der Waals surface area contributed by atoms with Gasteiger partial charge in [0.25, 0.3) is 10.0 Å². The maximum Gasteiger partial charge on any atom is 0.276 e. The predicted octanol–water partition coefficient (Wildman–Crippen LogP) is 3.52. The maximum atomic E-state index is 13.4. The van der Waals surface area contributed by atoms with E-state index < -0.39 is 10.0 Å². The number of hydrogen-bond donors (Lipinski definition) is 1. The van der Waals surface area contributed by atoms with Crippen LogP contribution in [-0.4, -0.2) is 40.9 Å². The van der Waals surface area contributed by atoms with Crippen LogP contribution in [0.25, 0.3) is 22.6 Å². The van der Waals surface area contributed by atoms with Crippen molar-refractivity contribution in [3.63, 3.8) is 0 Å². The summed E-state index contributed by atoms with van der Waals surface area (Å²) >= 11 is 0. The van der Waals surface area contributed by atoms with Crippen LogP contribution in [0.5, 0.6) is 0 Å². The fourth-order valence-corrected chi connectivity index (χ4v) is 5.01. The third-order valence-corrected chi connectivity index (χ3v) is 6.93. The number of H-pyrrole nitrogens is 1. The van der Waals surface area contributed by atoms with Gasteiger partial charge in [0.05, 0.1) is 17.2 Å². The second-order valence-corrected chi connectivity index (χ2v) is 8.83. The highest BCUT2D eigenvalue weighted by Gasteiger charge is 2.33. The van der Waals surface area contributed by atoms with Gasteiger partial charge < -0.3 is 13.9 Å². The van der Waals surface area contributed by atoms with Crippen LogP contribution in [0.15, 0.2) is 56.6 Å². The Morgan fingerprint density at radius 2 is 1.93 bits per heavy atom. The summed E-state index contributed by atoms with van der Waals surface area (Å²) in [6.07, 6.45) is 2.68. The monoisotopic (exact) mass is 416 g/mol. The molecule has 29 heavy (non-hydrogen) atoms. The molecule has 4 aromatic rings. The number of rotatable bonds is 4. The van der Waals surface area contributed by atoms with Gasteiger partial charge in [0, 0.05) is 25.1 Å². The Hall–Kier alpha value is -2.98. The minimum atomic E-state index is -3.74. The number of fused-ring (bicyclic) bond motifs is 1. The van der Waals surface area contributed by atoms with Crippen molar-refractivity contribution in [3.8, 4) is 11.5 Å². The number of nitrogens with one attached hydrogen (secondary N) is 1. The number of piperidine rings is 1. The molecule has 150 valence electrons. The van der Waals surface area contributed by atoms with Gasteiger partial charge in [-0.15, -0.1) is 0 Å². The van der Waals surface area contributed by atoms with Crippen molar-refractivity contribution in [1.82, 2.24) is 19.4 Å². The van der Waals surface area contributed by atoms with E-state index in [-0.39, 0.29) is 16.8 Å². The van der Waals surface area contributed by atoms with Crippen molar-refractivity contribution in [2.24, 2.45) is 0 Å². The van der Waals surface area contributed by atoms with Crippen LogP contribution < -0.4 is 0 Å². The molecule has 5 rings (SSSR count). The number of aromatic nitrogens is 3. The Morgan fingerprint density at radius 1 is 1.10 bits per heavy atom. The predicted molar refractivity (Wildman–Crippen MR) is 101 cm³/mol. The summed E-state index contributed by atoms with van der Waals surface area (Å²) in [4.78, 5) is 7.69. The van der Waals surface area contributed by atoms with Crippen LogP contribution in [0.4, 0.5) is 4.39 Å². The zero-order chi connectivity index (χ0) is 20.0. The summed E-state index contributed by atoms with van der Waals surface area (Å²) in [5.41, 5.74) is 1.34. The molecule has 1 saturated heterocycles. The lowest BCUT2D eigenvalue weighted by Gasteiger charge is -2.29. The lowest BCUT2D eigenvalue weighted by atomic mass is 9.97. The van der Waals surface area contributed by atoms with E-state index in [0.29, 0.717) is 48.5 Å². The minimum absolute atomic E-state index is 0.0817. The number of sulfonamides is 1. The fourth-order valence-electron chi connectivity index (χ4n) is 3.63. The van der Waals surface area contributed by atoms with Crippen LogP contribution >= 0.6 is 0 Å². The maximum absolute atomic E-state index is 13.4. The lowest BCUT2D eigenvalue weighted by Crippen LogP contribution is -2.37. The van der Waals surface area contributed by atoms with Gasteiger partial charge >= 0.3 is 0 Å². The molecule has 0 radical (unpaired) electrons. The molecule has 0 atom stereocenters. The molecule has 0 spiro atoms. The molecular weight excluding hydrogens is 399 g/mol. The molecule has 0 amide bonds. The van der Waals surface area contributed by atoms with Gasteiger partial charge in [-0.1, -0.05) is 5.16 Å². The first-order valence-electron chi connectivity index (χ1n) is 9.17. The summed E-state index contributed by atoms with van der Waals surface area (Å²) in [6, 6.07) is 8.99. The van der Waals surface area contributed by atoms with Gasteiger partial charge in [0.2, 0.25) is 10.9 Å². The van der Waals surface area contributed by atoms with Gasteiger partial charge in [0.1, 0.15) is 11.6 Å². The Labute approximate surface area is 165 Å². The Balaban J connectivity index is 1.31. The number of furan rings is 1. The lowest BCUT2D eigenvalue weighted by molar-refractivity contribution is 0.305. The smallest absolute Gasteiger partial charge is 0.276 e. The van der Waals surface area contributed by atoms with E-state index >= 15 is 0 Å². The van der Waals surface area contributed by atoms with E-state index in [1.54, 1.807) is 18.2 Å². The first-order valence-corrected chi connectivity index (χ1v) is 10.6. The first-order chi connectivity index (χ1) is 14.0. The molecule has 0 aliphatic carbocycles. The molecule has 8 nitrogen and oxygen atoms in total. The third kappa shape index (κ3) is 3.23. The molecule has 1 aliphatic rings. The highest BCUT2D eigenvalue weighted by Crippen LogP contribution is 2.32. The Bertz CT molecular complexity index is 1250. The van der Waals surface area contributed by atoms with Gasteiger partial charge in [-0.3, -0.25) is 0 Å². The number of nitrogens with zero attached hydrogens (tertiary/aromatic N) is 3. The Morgan fingerprint density at radius 3 is 2.69 bits per heavy atom. The van der Waals surface area contributed by atoms with Crippen LogP contribution in [-0.2, 0) is 10.0 Å². The highest BCUT2D eigenvalue weighted by atomic mass is 32.2. The second-order valence-electron chi connectivity index (χ2n) is 6.96. The quantitative estimate of drug-likeness (QED) is 0.546. The number of hydrogen-bond acceptors (Lipinski definition) is 6. The molecule has 1 fully saturated rings. The van der Waals surface area contributed by atoms with E-state index in [0.717, 1.165) is 5.82 Å². The van der Waals surface area contributed by atoms with Crippen LogP contribution in [0, 0.1) is 5.82 Å². The fraction of sp³-hybridized carbons (Fsp3) is 0.263. The number of aromatic amines is 1. The van der Waals surface area contributed by atoms with Gasteiger partial charge in [-0.05, 0) is 43.2 Å². The van der Waals surface area contributed by atoms with E-state index in [9.17, 15) is 12.8 Å². The van der Waals surface area contributed by atoms with E-state index in [2.05, 4.69) is 15.1 Å². The summed E-state index contributed by atoms with van der Waals surface area (Å²) in [5, 5.41) is 3.47. The molecule has 4 heterocycles. The largest absolute Gasteiger partial charge is 0.440 e. The molecule has 0 saturated carbocycles. The number of halogens is 1. The van der Waals surface area contributed by atoms with Crippen molar-refractivity contribution in [1.29, 1.82) is 0 Å². The average Bonchev–Trinajstić information content (AvgIpc) is 3.46. The molecule has 0 bridgehead atoms. The van der Waals surface area contributed by atoms with Crippen molar-refractivity contribution in [3.05, 3.63) is 54.2 Å². The van der Waals surface area contributed by atoms with Gasteiger partial charge in [-0.25, -0.2) is 17.8 Å². The summed E-state index contributed by atoms with van der Waals surface area (Å²) in [6.45, 7) is 0.688. The molecule has 1 aromatic carbocycles. The zero-order valence-electron chi connectivity index (χ0n) is 15.2. The average molecular weight is 416 g/mol.